The number of hydrogen-bond donors (Lipinski definition) is 3. The average molecular weight is 304 g/mol. The van der Waals surface area contributed by atoms with E-state index in [9.17, 15) is 4.79 Å². The molecule has 5 nitrogen and oxygen atoms in total. The van der Waals surface area contributed by atoms with Crippen LogP contribution in [0.3, 0.4) is 0 Å². The van der Waals surface area contributed by atoms with Crippen molar-refractivity contribution in [2.75, 3.05) is 13.1 Å². The molecule has 1 aromatic rings. The van der Waals surface area contributed by atoms with Crippen molar-refractivity contribution in [2.24, 2.45) is 4.99 Å². The molecular weight excluding hydrogens is 276 g/mol. The summed E-state index contributed by atoms with van der Waals surface area (Å²) in [7, 11) is 0. The first-order valence-corrected chi connectivity index (χ1v) is 8.02. The molecule has 0 radical (unpaired) electrons. The quantitative estimate of drug-likeness (QED) is 0.535. The van der Waals surface area contributed by atoms with E-state index in [0.717, 1.165) is 31.0 Å². The van der Waals surface area contributed by atoms with Crippen LogP contribution in [0.25, 0.3) is 0 Å². The fourth-order valence-corrected chi connectivity index (χ4v) is 1.90. The Morgan fingerprint density at radius 1 is 1.18 bits per heavy atom. The molecule has 22 heavy (non-hydrogen) atoms. The highest BCUT2D eigenvalue weighted by molar-refractivity contribution is 5.94. The maximum atomic E-state index is 12.1. The van der Waals surface area contributed by atoms with Gasteiger partial charge in [0.2, 0.25) is 0 Å². The number of aliphatic imine (C=N–C) groups is 1. The Bertz CT molecular complexity index is 491. The van der Waals surface area contributed by atoms with E-state index in [2.05, 4.69) is 27.9 Å². The van der Waals surface area contributed by atoms with Crippen molar-refractivity contribution in [3.05, 3.63) is 35.4 Å². The molecule has 0 aliphatic carbocycles. The Morgan fingerprint density at radius 2 is 1.86 bits per heavy atom. The smallest absolute Gasteiger partial charge is 0.251 e. The third-order valence-corrected chi connectivity index (χ3v) is 3.29. The van der Waals surface area contributed by atoms with Crippen molar-refractivity contribution in [1.82, 2.24) is 16.0 Å². The van der Waals surface area contributed by atoms with E-state index in [1.165, 1.54) is 0 Å². The number of nitrogens with zero attached hydrogens (tertiary/aromatic N) is 1. The molecular formula is C17H28N4O. The summed E-state index contributed by atoms with van der Waals surface area (Å²) < 4.78 is 0. The first kappa shape index (κ1) is 18.0. The fourth-order valence-electron chi connectivity index (χ4n) is 1.90. The number of carbonyl (C=O) groups is 1. The van der Waals surface area contributed by atoms with Gasteiger partial charge in [0.1, 0.15) is 0 Å². The Kier molecular flexibility index (Phi) is 8.04. The minimum atomic E-state index is -0.0289. The molecule has 5 heteroatoms. The van der Waals surface area contributed by atoms with E-state index in [4.69, 9.17) is 0 Å². The maximum Gasteiger partial charge on any atom is 0.251 e. The van der Waals surface area contributed by atoms with Gasteiger partial charge in [-0.25, -0.2) is 4.99 Å². The highest BCUT2D eigenvalue weighted by Crippen LogP contribution is 2.07. The van der Waals surface area contributed by atoms with Crippen molar-refractivity contribution in [2.45, 2.75) is 46.7 Å². The highest BCUT2D eigenvalue weighted by atomic mass is 16.1. The van der Waals surface area contributed by atoms with Crippen LogP contribution in [0.1, 0.15) is 50.0 Å². The summed E-state index contributed by atoms with van der Waals surface area (Å²) >= 11 is 0. The zero-order valence-electron chi connectivity index (χ0n) is 14.1. The molecule has 1 rings (SSSR count). The van der Waals surface area contributed by atoms with Crippen LogP contribution >= 0.6 is 0 Å². The third-order valence-electron chi connectivity index (χ3n) is 3.29. The van der Waals surface area contributed by atoms with Gasteiger partial charge in [0, 0.05) is 24.7 Å². The topological polar surface area (TPSA) is 65.5 Å². The largest absolute Gasteiger partial charge is 0.357 e. The van der Waals surface area contributed by atoms with Crippen LogP contribution in [-0.4, -0.2) is 31.0 Å². The Morgan fingerprint density at radius 3 is 2.45 bits per heavy atom. The van der Waals surface area contributed by atoms with Crippen molar-refractivity contribution < 1.29 is 4.79 Å². The molecule has 1 unspecified atom stereocenters. The van der Waals surface area contributed by atoms with Crippen molar-refractivity contribution >= 4 is 11.9 Å². The second-order valence-electron chi connectivity index (χ2n) is 5.21. The van der Waals surface area contributed by atoms with Gasteiger partial charge in [0.15, 0.2) is 5.96 Å². The third kappa shape index (κ3) is 6.16. The lowest BCUT2D eigenvalue weighted by molar-refractivity contribution is 0.0939. The molecule has 1 aromatic carbocycles. The SMILES string of the molecule is CCNC(=NCc1cccc(C(=O)NC(C)CC)c1)NCC. The van der Waals surface area contributed by atoms with E-state index in [-0.39, 0.29) is 11.9 Å². The van der Waals surface area contributed by atoms with Crippen molar-refractivity contribution in [1.29, 1.82) is 0 Å². The minimum Gasteiger partial charge on any atom is -0.357 e. The van der Waals surface area contributed by atoms with Crippen LogP contribution in [0.4, 0.5) is 0 Å². The van der Waals surface area contributed by atoms with Gasteiger partial charge >= 0.3 is 0 Å². The lowest BCUT2D eigenvalue weighted by Gasteiger charge is -2.12. The van der Waals surface area contributed by atoms with Crippen LogP contribution in [-0.2, 0) is 6.54 Å². The number of hydrogen-bond acceptors (Lipinski definition) is 2. The van der Waals surface area contributed by atoms with Gasteiger partial charge in [-0.3, -0.25) is 4.79 Å². The zero-order valence-corrected chi connectivity index (χ0v) is 14.1. The van der Waals surface area contributed by atoms with Gasteiger partial charge in [0.25, 0.3) is 5.91 Å². The molecule has 0 aromatic heterocycles. The summed E-state index contributed by atoms with van der Waals surface area (Å²) in [6.45, 7) is 10.3. The van der Waals surface area contributed by atoms with E-state index < -0.39 is 0 Å². The predicted molar refractivity (Wildman–Crippen MR) is 92.2 cm³/mol. The Balaban J connectivity index is 2.74. The summed E-state index contributed by atoms with van der Waals surface area (Å²) in [5.74, 6) is 0.762. The molecule has 0 spiro atoms. The van der Waals surface area contributed by atoms with E-state index >= 15 is 0 Å². The number of carbonyl (C=O) groups excluding carboxylic acids is 1. The number of rotatable bonds is 7. The summed E-state index contributed by atoms with van der Waals surface area (Å²) in [6.07, 6.45) is 0.921. The van der Waals surface area contributed by atoms with Gasteiger partial charge in [-0.05, 0) is 44.9 Å². The van der Waals surface area contributed by atoms with Crippen molar-refractivity contribution in [3.8, 4) is 0 Å². The highest BCUT2D eigenvalue weighted by Gasteiger charge is 2.08. The molecule has 0 aliphatic heterocycles. The van der Waals surface area contributed by atoms with Crippen LogP contribution in [0.2, 0.25) is 0 Å². The van der Waals surface area contributed by atoms with Gasteiger partial charge in [-0.1, -0.05) is 19.1 Å². The first-order valence-electron chi connectivity index (χ1n) is 8.02. The molecule has 0 fully saturated rings. The minimum absolute atomic E-state index is 0.0289. The Hall–Kier alpha value is -2.04. The van der Waals surface area contributed by atoms with Gasteiger partial charge in [-0.2, -0.15) is 0 Å². The number of guanidine groups is 1. The monoisotopic (exact) mass is 304 g/mol. The molecule has 3 N–H and O–H groups in total. The second kappa shape index (κ2) is 9.82. The maximum absolute atomic E-state index is 12.1. The van der Waals surface area contributed by atoms with Gasteiger partial charge in [-0.15, -0.1) is 0 Å². The molecule has 0 bridgehead atoms. The van der Waals surface area contributed by atoms with Crippen LogP contribution in [0, 0.1) is 0 Å². The molecule has 1 amide bonds. The van der Waals surface area contributed by atoms with Crippen LogP contribution < -0.4 is 16.0 Å². The predicted octanol–water partition coefficient (Wildman–Crippen LogP) is 2.29. The standard InChI is InChI=1S/C17H28N4O/c1-5-13(4)21-16(22)15-10-8-9-14(11-15)12-20-17(18-6-2)19-7-3/h8-11,13H,5-7,12H2,1-4H3,(H,21,22)(H2,18,19,20). The van der Waals surface area contributed by atoms with Crippen molar-refractivity contribution in [3.63, 3.8) is 0 Å². The molecule has 0 saturated carbocycles. The number of amides is 1. The molecule has 0 saturated heterocycles. The summed E-state index contributed by atoms with van der Waals surface area (Å²) in [5.41, 5.74) is 1.70. The van der Waals surface area contributed by atoms with Gasteiger partial charge in [0.05, 0.1) is 6.54 Å². The summed E-state index contributed by atoms with van der Waals surface area (Å²) in [4.78, 5) is 16.7. The van der Waals surface area contributed by atoms with Crippen LogP contribution in [0.15, 0.2) is 29.3 Å². The van der Waals surface area contributed by atoms with E-state index in [1.54, 1.807) is 0 Å². The van der Waals surface area contributed by atoms with Crippen LogP contribution in [0.5, 0.6) is 0 Å². The second-order valence-corrected chi connectivity index (χ2v) is 5.21. The summed E-state index contributed by atoms with van der Waals surface area (Å²) in [6, 6.07) is 7.80. The Labute approximate surface area is 133 Å². The lowest BCUT2D eigenvalue weighted by Crippen LogP contribution is -2.37. The van der Waals surface area contributed by atoms with Gasteiger partial charge < -0.3 is 16.0 Å². The summed E-state index contributed by atoms with van der Waals surface area (Å²) in [5, 5.41) is 9.35. The first-order chi connectivity index (χ1) is 10.6. The molecule has 0 aliphatic rings. The molecule has 122 valence electrons. The fraction of sp³-hybridized carbons (Fsp3) is 0.529. The van der Waals surface area contributed by atoms with E-state index in [1.807, 2.05) is 45.0 Å². The normalized spacial score (nSPS) is 11.5. The molecule has 1 atom stereocenters. The number of benzene rings is 1. The number of nitrogens with one attached hydrogen (secondary N) is 3. The van der Waals surface area contributed by atoms with E-state index in [0.29, 0.717) is 12.1 Å². The average Bonchev–Trinajstić information content (AvgIpc) is 2.53. The lowest BCUT2D eigenvalue weighted by atomic mass is 10.1. The molecule has 0 heterocycles. The zero-order chi connectivity index (χ0) is 16.4.